The summed E-state index contributed by atoms with van der Waals surface area (Å²) >= 11 is 0. The molecule has 0 aliphatic carbocycles. The topological polar surface area (TPSA) is 50.4 Å². The van der Waals surface area contributed by atoms with Crippen LogP contribution in [0, 0.1) is 5.92 Å². The molecule has 100 valence electrons. The smallest absolute Gasteiger partial charge is 0.229 e. The van der Waals surface area contributed by atoms with E-state index in [4.69, 9.17) is 4.74 Å². The molecular weight excluding hydrogens is 228 g/mol. The van der Waals surface area contributed by atoms with E-state index in [1.165, 1.54) is 0 Å². The summed E-state index contributed by atoms with van der Waals surface area (Å²) in [6.07, 6.45) is 0. The molecule has 0 aromatic heterocycles. The molecule has 4 nitrogen and oxygen atoms in total. The maximum absolute atomic E-state index is 11.9. The first-order valence-corrected chi connectivity index (χ1v) is 6.27. The fraction of sp³-hybridized carbons (Fsp3) is 0.500. The van der Waals surface area contributed by atoms with Gasteiger partial charge in [-0.1, -0.05) is 32.0 Å². The molecule has 1 amide bonds. The number of rotatable bonds is 7. The monoisotopic (exact) mass is 250 g/mol. The van der Waals surface area contributed by atoms with E-state index in [0.717, 1.165) is 24.3 Å². The zero-order valence-corrected chi connectivity index (χ0v) is 11.3. The summed E-state index contributed by atoms with van der Waals surface area (Å²) in [6.45, 7) is 6.00. The van der Waals surface area contributed by atoms with Crippen LogP contribution < -0.4 is 10.6 Å². The molecule has 18 heavy (non-hydrogen) atoms. The second-order valence-electron chi connectivity index (χ2n) is 4.28. The minimum Gasteiger partial charge on any atom is -0.384 e. The van der Waals surface area contributed by atoms with Gasteiger partial charge in [0.15, 0.2) is 0 Å². The number of carbonyl (C=O) groups excluding carboxylic acids is 1. The van der Waals surface area contributed by atoms with Crippen LogP contribution in [0.3, 0.4) is 0 Å². The number of hydrogen-bond acceptors (Lipinski definition) is 3. The van der Waals surface area contributed by atoms with E-state index >= 15 is 0 Å². The van der Waals surface area contributed by atoms with Crippen molar-refractivity contribution < 1.29 is 9.53 Å². The second-order valence-corrected chi connectivity index (χ2v) is 4.28. The Balaban J connectivity index is 2.68. The van der Waals surface area contributed by atoms with Crippen LogP contribution in [0.25, 0.3) is 0 Å². The first kappa shape index (κ1) is 14.7. The summed E-state index contributed by atoms with van der Waals surface area (Å²) < 4.78 is 4.98. The van der Waals surface area contributed by atoms with Crippen LogP contribution in [-0.4, -0.2) is 26.2 Å². The molecule has 1 aromatic carbocycles. The molecular formula is C14H22N2O2. The molecule has 0 saturated heterocycles. The Kier molecular flexibility index (Phi) is 6.39. The number of amides is 1. The van der Waals surface area contributed by atoms with E-state index in [1.54, 1.807) is 7.11 Å². The fourth-order valence-electron chi connectivity index (χ4n) is 1.64. The fourth-order valence-corrected chi connectivity index (χ4v) is 1.64. The Morgan fingerprint density at radius 3 is 2.78 bits per heavy atom. The van der Waals surface area contributed by atoms with Gasteiger partial charge in [-0.2, -0.15) is 0 Å². The third-order valence-electron chi connectivity index (χ3n) is 2.70. The summed E-state index contributed by atoms with van der Waals surface area (Å²) in [6, 6.07) is 7.83. The minimum absolute atomic E-state index is 0.0131. The number of carbonyl (C=O) groups is 1. The molecule has 0 spiro atoms. The summed E-state index contributed by atoms with van der Waals surface area (Å²) in [5.74, 6) is -0.164. The van der Waals surface area contributed by atoms with Gasteiger partial charge < -0.3 is 15.4 Å². The minimum atomic E-state index is -0.151. The second kappa shape index (κ2) is 7.84. The Morgan fingerprint density at radius 1 is 1.39 bits per heavy atom. The number of ether oxygens (including phenoxy) is 1. The summed E-state index contributed by atoms with van der Waals surface area (Å²) in [7, 11) is 1.60. The van der Waals surface area contributed by atoms with Gasteiger partial charge in [0.1, 0.15) is 0 Å². The van der Waals surface area contributed by atoms with Crippen molar-refractivity contribution in [3.8, 4) is 0 Å². The lowest BCUT2D eigenvalue weighted by atomic mass is 10.1. The lowest BCUT2D eigenvalue weighted by Crippen LogP contribution is -2.25. The molecule has 4 heteroatoms. The molecule has 1 aromatic rings. The van der Waals surface area contributed by atoms with Crippen molar-refractivity contribution in [3.63, 3.8) is 0 Å². The van der Waals surface area contributed by atoms with Gasteiger partial charge in [-0.05, 0) is 18.2 Å². The highest BCUT2D eigenvalue weighted by Crippen LogP contribution is 2.15. The highest BCUT2D eigenvalue weighted by molar-refractivity contribution is 5.93. The summed E-state index contributed by atoms with van der Waals surface area (Å²) in [5, 5.41) is 6.20. The maximum atomic E-state index is 11.9. The largest absolute Gasteiger partial charge is 0.384 e. The van der Waals surface area contributed by atoms with Crippen LogP contribution in [0.1, 0.15) is 19.4 Å². The van der Waals surface area contributed by atoms with Crippen molar-refractivity contribution in [1.29, 1.82) is 0 Å². The molecule has 0 radical (unpaired) electrons. The van der Waals surface area contributed by atoms with Gasteiger partial charge >= 0.3 is 0 Å². The molecule has 1 rings (SSSR count). The highest BCUT2D eigenvalue weighted by atomic mass is 16.5. The Labute approximate surface area is 109 Å². The number of nitrogens with one attached hydrogen (secondary N) is 2. The van der Waals surface area contributed by atoms with Crippen LogP contribution in [0.5, 0.6) is 0 Å². The average Bonchev–Trinajstić information content (AvgIpc) is 2.38. The molecule has 0 aliphatic rings. The van der Waals surface area contributed by atoms with Crippen molar-refractivity contribution in [3.05, 3.63) is 29.8 Å². The average molecular weight is 250 g/mol. The van der Waals surface area contributed by atoms with E-state index in [0.29, 0.717) is 6.61 Å². The van der Waals surface area contributed by atoms with E-state index in [-0.39, 0.29) is 11.8 Å². The van der Waals surface area contributed by atoms with Gasteiger partial charge in [0.05, 0.1) is 12.5 Å². The molecule has 1 atom stereocenters. The van der Waals surface area contributed by atoms with Gasteiger partial charge in [-0.25, -0.2) is 0 Å². The third kappa shape index (κ3) is 4.47. The number of para-hydroxylation sites is 1. The van der Waals surface area contributed by atoms with Crippen LogP contribution in [0.4, 0.5) is 5.69 Å². The van der Waals surface area contributed by atoms with Gasteiger partial charge in [-0.15, -0.1) is 0 Å². The van der Waals surface area contributed by atoms with Crippen LogP contribution in [-0.2, 0) is 16.1 Å². The molecule has 0 bridgehead atoms. The predicted molar refractivity (Wildman–Crippen MR) is 73.5 cm³/mol. The molecule has 0 fully saturated rings. The van der Waals surface area contributed by atoms with Crippen LogP contribution in [0.2, 0.25) is 0 Å². The predicted octanol–water partition coefficient (Wildman–Crippen LogP) is 2.02. The van der Waals surface area contributed by atoms with Gasteiger partial charge in [-0.3, -0.25) is 4.79 Å². The molecule has 2 N–H and O–H groups in total. The zero-order chi connectivity index (χ0) is 13.4. The summed E-state index contributed by atoms with van der Waals surface area (Å²) in [4.78, 5) is 11.9. The lowest BCUT2D eigenvalue weighted by Gasteiger charge is -2.14. The Bertz CT molecular complexity index is 380. The third-order valence-corrected chi connectivity index (χ3v) is 2.70. The molecule has 0 heterocycles. The van der Waals surface area contributed by atoms with Crippen LogP contribution in [0.15, 0.2) is 24.3 Å². The van der Waals surface area contributed by atoms with E-state index in [1.807, 2.05) is 31.2 Å². The van der Waals surface area contributed by atoms with Gasteiger partial charge in [0, 0.05) is 19.3 Å². The van der Waals surface area contributed by atoms with Crippen molar-refractivity contribution >= 4 is 11.6 Å². The van der Waals surface area contributed by atoms with E-state index < -0.39 is 0 Å². The first-order chi connectivity index (χ1) is 8.69. The quantitative estimate of drug-likeness (QED) is 0.778. The number of hydrogen-bond donors (Lipinski definition) is 2. The van der Waals surface area contributed by atoms with Gasteiger partial charge in [0.2, 0.25) is 5.91 Å². The lowest BCUT2D eigenvalue weighted by molar-refractivity contribution is -0.120. The zero-order valence-electron chi connectivity index (χ0n) is 11.3. The maximum Gasteiger partial charge on any atom is 0.229 e. The SMILES string of the molecule is CCNCc1ccccc1NC(=O)C(C)COC. The van der Waals surface area contributed by atoms with E-state index in [9.17, 15) is 4.79 Å². The molecule has 1 unspecified atom stereocenters. The number of anilines is 1. The van der Waals surface area contributed by atoms with Crippen molar-refractivity contribution in [2.24, 2.45) is 5.92 Å². The Morgan fingerprint density at radius 2 is 2.11 bits per heavy atom. The normalized spacial score (nSPS) is 12.2. The number of benzene rings is 1. The standard InChI is InChI=1S/C14H22N2O2/c1-4-15-9-12-7-5-6-8-13(12)16-14(17)11(2)10-18-3/h5-8,11,15H,4,9-10H2,1-3H3,(H,16,17). The first-order valence-electron chi connectivity index (χ1n) is 6.27. The molecule has 0 aliphatic heterocycles. The molecule has 0 saturated carbocycles. The highest BCUT2D eigenvalue weighted by Gasteiger charge is 2.13. The van der Waals surface area contributed by atoms with E-state index in [2.05, 4.69) is 17.6 Å². The van der Waals surface area contributed by atoms with Crippen LogP contribution >= 0.6 is 0 Å². The summed E-state index contributed by atoms with van der Waals surface area (Å²) in [5.41, 5.74) is 1.96. The number of methoxy groups -OCH3 is 1. The van der Waals surface area contributed by atoms with Crippen molar-refractivity contribution in [2.45, 2.75) is 20.4 Å². The van der Waals surface area contributed by atoms with Gasteiger partial charge in [0.25, 0.3) is 0 Å². The van der Waals surface area contributed by atoms with Crippen molar-refractivity contribution in [1.82, 2.24) is 5.32 Å². The Hall–Kier alpha value is -1.39. The van der Waals surface area contributed by atoms with Crippen molar-refractivity contribution in [2.75, 3.05) is 25.6 Å².